The standard InChI is InChI=1S/C6H4F8O/c1-4(3(7)8,6(12,13)14)2(15)5(9,10)11/h3H,1H3. The molecule has 0 N–H and O–H groups in total. The fraction of sp³-hybridized carbons (Fsp3) is 0.833. The SMILES string of the molecule is CC(C(=O)C(F)(F)F)(C(F)F)C(F)(F)F. The second kappa shape index (κ2) is 3.60. The Kier molecular flexibility index (Phi) is 3.39. The van der Waals surface area contributed by atoms with E-state index < -0.39 is 36.9 Å². The molecule has 0 rings (SSSR count). The lowest BCUT2D eigenvalue weighted by molar-refractivity contribution is -0.265. The highest BCUT2D eigenvalue weighted by atomic mass is 19.4. The highest BCUT2D eigenvalue weighted by Crippen LogP contribution is 2.47. The van der Waals surface area contributed by atoms with Crippen molar-refractivity contribution in [1.29, 1.82) is 0 Å². The van der Waals surface area contributed by atoms with E-state index in [0.717, 1.165) is 0 Å². The molecule has 0 saturated carbocycles. The Labute approximate surface area is 78.0 Å². The molecule has 0 amide bonds. The summed E-state index contributed by atoms with van der Waals surface area (Å²) in [5.74, 6) is -3.50. The first-order chi connectivity index (χ1) is 6.35. The molecule has 0 radical (unpaired) electrons. The molecular weight excluding hydrogens is 240 g/mol. The fourth-order valence-electron chi connectivity index (χ4n) is 0.646. The van der Waals surface area contributed by atoms with Gasteiger partial charge in [-0.1, -0.05) is 0 Å². The Hall–Kier alpha value is -0.890. The van der Waals surface area contributed by atoms with Crippen molar-refractivity contribution >= 4 is 5.78 Å². The van der Waals surface area contributed by atoms with E-state index in [0.29, 0.717) is 0 Å². The Morgan fingerprint density at radius 1 is 1.00 bits per heavy atom. The number of alkyl halides is 8. The van der Waals surface area contributed by atoms with Crippen LogP contribution in [0, 0.1) is 5.41 Å². The molecule has 0 aromatic heterocycles. The van der Waals surface area contributed by atoms with Crippen molar-refractivity contribution in [1.82, 2.24) is 0 Å². The zero-order valence-electron chi connectivity index (χ0n) is 7.01. The van der Waals surface area contributed by atoms with E-state index in [1.54, 1.807) is 0 Å². The van der Waals surface area contributed by atoms with Crippen LogP contribution >= 0.6 is 0 Å². The number of carbonyl (C=O) groups is 1. The molecule has 9 heteroatoms. The summed E-state index contributed by atoms with van der Waals surface area (Å²) < 4.78 is 94.6. The number of ketones is 1. The quantitative estimate of drug-likeness (QED) is 0.682. The van der Waals surface area contributed by atoms with E-state index >= 15 is 0 Å². The van der Waals surface area contributed by atoms with Gasteiger partial charge in [-0.05, 0) is 6.92 Å². The van der Waals surface area contributed by atoms with Gasteiger partial charge in [0.1, 0.15) is 0 Å². The van der Waals surface area contributed by atoms with Gasteiger partial charge in [-0.15, -0.1) is 0 Å². The van der Waals surface area contributed by atoms with E-state index in [1.165, 1.54) is 0 Å². The predicted octanol–water partition coefficient (Wildman–Crippen LogP) is 2.95. The molecule has 0 aromatic rings. The smallest absolute Gasteiger partial charge is 0.288 e. The van der Waals surface area contributed by atoms with Crippen LogP contribution in [-0.2, 0) is 4.79 Å². The van der Waals surface area contributed by atoms with Gasteiger partial charge < -0.3 is 0 Å². The van der Waals surface area contributed by atoms with Gasteiger partial charge in [0, 0.05) is 0 Å². The maximum Gasteiger partial charge on any atom is 0.451 e. The third kappa shape index (κ3) is 2.37. The van der Waals surface area contributed by atoms with E-state index in [1.807, 2.05) is 0 Å². The lowest BCUT2D eigenvalue weighted by Crippen LogP contribution is -2.53. The van der Waals surface area contributed by atoms with Crippen molar-refractivity contribution in [2.24, 2.45) is 5.41 Å². The molecular formula is C6H4F8O. The second-order valence-electron chi connectivity index (χ2n) is 2.83. The van der Waals surface area contributed by atoms with Gasteiger partial charge in [-0.2, -0.15) is 26.3 Å². The molecule has 1 unspecified atom stereocenters. The van der Waals surface area contributed by atoms with Gasteiger partial charge in [0.15, 0.2) is 5.41 Å². The molecule has 0 aliphatic carbocycles. The van der Waals surface area contributed by atoms with Crippen molar-refractivity contribution in [3.05, 3.63) is 0 Å². The molecule has 1 nitrogen and oxygen atoms in total. The van der Waals surface area contributed by atoms with Crippen LogP contribution in [0.15, 0.2) is 0 Å². The fourth-order valence-corrected chi connectivity index (χ4v) is 0.646. The number of rotatable bonds is 2. The van der Waals surface area contributed by atoms with E-state index in [2.05, 4.69) is 0 Å². The number of halogens is 8. The maximum absolute atomic E-state index is 11.9. The van der Waals surface area contributed by atoms with Crippen LogP contribution in [0.25, 0.3) is 0 Å². The third-order valence-corrected chi connectivity index (χ3v) is 1.75. The average molecular weight is 244 g/mol. The third-order valence-electron chi connectivity index (χ3n) is 1.75. The van der Waals surface area contributed by atoms with Crippen LogP contribution < -0.4 is 0 Å². The maximum atomic E-state index is 11.9. The van der Waals surface area contributed by atoms with E-state index in [9.17, 15) is 39.9 Å². The Bertz CT molecular complexity index is 251. The Balaban J connectivity index is 5.44. The summed E-state index contributed by atoms with van der Waals surface area (Å²) in [5, 5.41) is 0. The minimum atomic E-state index is -5.96. The first kappa shape index (κ1) is 14.1. The van der Waals surface area contributed by atoms with Gasteiger partial charge in [-0.25, -0.2) is 8.78 Å². The number of hydrogen-bond acceptors (Lipinski definition) is 1. The Morgan fingerprint density at radius 2 is 1.33 bits per heavy atom. The van der Waals surface area contributed by atoms with Crippen LogP contribution in [0.1, 0.15) is 6.92 Å². The van der Waals surface area contributed by atoms with Crippen LogP contribution in [0.2, 0.25) is 0 Å². The highest BCUT2D eigenvalue weighted by Gasteiger charge is 2.68. The lowest BCUT2D eigenvalue weighted by Gasteiger charge is -2.29. The molecule has 1 atom stereocenters. The summed E-state index contributed by atoms with van der Waals surface area (Å²) in [6.07, 6.45) is -16.4. The van der Waals surface area contributed by atoms with Crippen LogP contribution in [0.4, 0.5) is 35.1 Å². The summed E-state index contributed by atoms with van der Waals surface area (Å²) >= 11 is 0. The molecule has 0 saturated heterocycles. The zero-order chi connectivity index (χ0) is 12.7. The molecule has 0 spiro atoms. The van der Waals surface area contributed by atoms with Crippen LogP contribution in [-0.4, -0.2) is 24.6 Å². The molecule has 0 aliphatic heterocycles. The largest absolute Gasteiger partial charge is 0.451 e. The average Bonchev–Trinajstić information content (AvgIpc) is 1.97. The van der Waals surface area contributed by atoms with Crippen molar-refractivity contribution in [2.45, 2.75) is 25.7 Å². The van der Waals surface area contributed by atoms with Crippen molar-refractivity contribution in [3.63, 3.8) is 0 Å². The molecule has 0 heterocycles. The molecule has 15 heavy (non-hydrogen) atoms. The van der Waals surface area contributed by atoms with Gasteiger partial charge in [0.25, 0.3) is 12.2 Å². The number of Topliss-reactive ketones (excluding diaryl/α,β-unsaturated/α-hetero) is 1. The predicted molar refractivity (Wildman–Crippen MR) is 31.2 cm³/mol. The number of carbonyl (C=O) groups excluding carboxylic acids is 1. The number of hydrogen-bond donors (Lipinski definition) is 0. The van der Waals surface area contributed by atoms with Gasteiger partial charge >= 0.3 is 12.4 Å². The van der Waals surface area contributed by atoms with Gasteiger partial charge in [0.2, 0.25) is 0 Å². The monoisotopic (exact) mass is 244 g/mol. The normalized spacial score (nSPS) is 17.7. The Morgan fingerprint density at radius 3 is 1.40 bits per heavy atom. The summed E-state index contributed by atoms with van der Waals surface area (Å²) in [4.78, 5) is 10.2. The minimum absolute atomic E-state index is 0.479. The molecule has 0 bridgehead atoms. The van der Waals surface area contributed by atoms with Crippen molar-refractivity contribution < 1.29 is 39.9 Å². The van der Waals surface area contributed by atoms with Crippen molar-refractivity contribution in [3.8, 4) is 0 Å². The lowest BCUT2D eigenvalue weighted by atomic mass is 9.85. The molecule has 0 fully saturated rings. The minimum Gasteiger partial charge on any atom is -0.288 e. The topological polar surface area (TPSA) is 17.1 Å². The van der Waals surface area contributed by atoms with Crippen LogP contribution in [0.5, 0.6) is 0 Å². The highest BCUT2D eigenvalue weighted by molar-refractivity contribution is 5.90. The van der Waals surface area contributed by atoms with E-state index in [-0.39, 0.29) is 0 Å². The van der Waals surface area contributed by atoms with Crippen LogP contribution in [0.3, 0.4) is 0 Å². The summed E-state index contributed by atoms with van der Waals surface area (Å²) in [7, 11) is 0. The first-order valence-corrected chi connectivity index (χ1v) is 3.31. The summed E-state index contributed by atoms with van der Waals surface area (Å²) in [6, 6.07) is 0. The molecule has 0 aromatic carbocycles. The van der Waals surface area contributed by atoms with E-state index in [4.69, 9.17) is 0 Å². The second-order valence-corrected chi connectivity index (χ2v) is 2.83. The zero-order valence-corrected chi connectivity index (χ0v) is 7.01. The molecule has 0 aliphatic rings. The summed E-state index contributed by atoms with van der Waals surface area (Å²) in [5.41, 5.74) is -4.72. The first-order valence-electron chi connectivity index (χ1n) is 3.31. The summed E-state index contributed by atoms with van der Waals surface area (Å²) in [6.45, 7) is -0.479. The van der Waals surface area contributed by atoms with Gasteiger partial charge in [0.05, 0.1) is 0 Å². The molecule has 90 valence electrons. The van der Waals surface area contributed by atoms with Gasteiger partial charge in [-0.3, -0.25) is 4.79 Å². The van der Waals surface area contributed by atoms with Crippen molar-refractivity contribution in [2.75, 3.05) is 0 Å².